The highest BCUT2D eigenvalue weighted by atomic mass is 16.5. The first kappa shape index (κ1) is 6.97. The number of aliphatic carboxylic acids is 1. The number of rotatable bonds is 1. The monoisotopic (exact) mass is 165 g/mol. The van der Waals surface area contributed by atoms with E-state index in [9.17, 15) is 4.79 Å². The average molecular weight is 165 g/mol. The lowest BCUT2D eigenvalue weighted by Crippen LogP contribution is -2.32. The minimum Gasteiger partial charge on any atom is -0.479 e. The zero-order chi connectivity index (χ0) is 8.55. The molecule has 0 aliphatic carbocycles. The van der Waals surface area contributed by atoms with Crippen molar-refractivity contribution in [2.24, 2.45) is 0 Å². The van der Waals surface area contributed by atoms with Crippen LogP contribution >= 0.6 is 0 Å². The second kappa shape index (κ2) is 2.41. The molecule has 2 aliphatic rings. The van der Waals surface area contributed by atoms with Crippen LogP contribution in [0.5, 0.6) is 0 Å². The SMILES string of the molecule is O=C(O)C1C=CC2=COC=CN21. The van der Waals surface area contributed by atoms with Crippen LogP contribution in [0.4, 0.5) is 0 Å². The third-order valence-electron chi connectivity index (χ3n) is 1.79. The minimum atomic E-state index is -0.860. The van der Waals surface area contributed by atoms with Gasteiger partial charge in [0, 0.05) is 6.20 Å². The number of carbonyl (C=O) groups is 1. The van der Waals surface area contributed by atoms with Crippen LogP contribution in [-0.2, 0) is 9.53 Å². The molecule has 0 amide bonds. The fraction of sp³-hybridized carbons (Fsp3) is 0.125. The van der Waals surface area contributed by atoms with E-state index >= 15 is 0 Å². The Kier molecular flexibility index (Phi) is 1.40. The van der Waals surface area contributed by atoms with Crippen LogP contribution in [0.25, 0.3) is 0 Å². The Morgan fingerprint density at radius 3 is 3.25 bits per heavy atom. The molecule has 62 valence electrons. The van der Waals surface area contributed by atoms with Crippen molar-refractivity contribution in [3.05, 3.63) is 36.6 Å². The molecule has 1 unspecified atom stereocenters. The lowest BCUT2D eigenvalue weighted by molar-refractivity contribution is -0.139. The number of nitrogens with zero attached hydrogens (tertiary/aromatic N) is 1. The first-order valence-electron chi connectivity index (χ1n) is 3.51. The van der Waals surface area contributed by atoms with Crippen molar-refractivity contribution in [1.29, 1.82) is 0 Å². The van der Waals surface area contributed by atoms with Gasteiger partial charge >= 0.3 is 5.97 Å². The Balaban J connectivity index is 2.28. The molecule has 0 radical (unpaired) electrons. The van der Waals surface area contributed by atoms with Gasteiger partial charge in [-0.25, -0.2) is 4.79 Å². The smallest absolute Gasteiger partial charge is 0.330 e. The van der Waals surface area contributed by atoms with Crippen molar-refractivity contribution >= 4 is 5.97 Å². The Bertz CT molecular complexity index is 303. The molecule has 4 nitrogen and oxygen atoms in total. The highest BCUT2D eigenvalue weighted by Gasteiger charge is 2.28. The van der Waals surface area contributed by atoms with Gasteiger partial charge in [-0.2, -0.15) is 0 Å². The van der Waals surface area contributed by atoms with E-state index in [-0.39, 0.29) is 0 Å². The van der Waals surface area contributed by atoms with Gasteiger partial charge in [0.1, 0.15) is 18.6 Å². The predicted octanol–water partition coefficient (Wildman–Crippen LogP) is 0.654. The summed E-state index contributed by atoms with van der Waals surface area (Å²) in [4.78, 5) is 12.3. The van der Waals surface area contributed by atoms with E-state index in [1.165, 1.54) is 12.5 Å². The average Bonchev–Trinajstić information content (AvgIpc) is 2.47. The van der Waals surface area contributed by atoms with Crippen LogP contribution in [-0.4, -0.2) is 22.0 Å². The van der Waals surface area contributed by atoms with E-state index in [1.54, 1.807) is 23.3 Å². The largest absolute Gasteiger partial charge is 0.479 e. The van der Waals surface area contributed by atoms with Crippen LogP contribution in [0.3, 0.4) is 0 Å². The zero-order valence-corrected chi connectivity index (χ0v) is 6.18. The molecule has 1 atom stereocenters. The Hall–Kier alpha value is -1.71. The summed E-state index contributed by atoms with van der Waals surface area (Å²) in [5, 5.41) is 8.76. The van der Waals surface area contributed by atoms with Gasteiger partial charge < -0.3 is 14.7 Å². The molecule has 0 aromatic heterocycles. The van der Waals surface area contributed by atoms with Crippen molar-refractivity contribution < 1.29 is 14.6 Å². The number of carboxylic acid groups (broad SMARTS) is 1. The van der Waals surface area contributed by atoms with Gasteiger partial charge in [-0.1, -0.05) is 0 Å². The summed E-state index contributed by atoms with van der Waals surface area (Å²) in [6.45, 7) is 0. The third-order valence-corrected chi connectivity index (χ3v) is 1.79. The van der Waals surface area contributed by atoms with Gasteiger partial charge in [0.2, 0.25) is 0 Å². The maximum absolute atomic E-state index is 10.7. The van der Waals surface area contributed by atoms with Gasteiger partial charge in [0.25, 0.3) is 0 Å². The van der Waals surface area contributed by atoms with Gasteiger partial charge in [0.05, 0.1) is 5.70 Å². The standard InChI is InChI=1S/C8H7NO3/c10-8(11)7-2-1-6-5-12-4-3-9(6)7/h1-5,7H,(H,10,11). The minimum absolute atomic E-state index is 0.587. The molecule has 2 rings (SSSR count). The molecule has 2 heterocycles. The van der Waals surface area contributed by atoms with Crippen LogP contribution in [0, 0.1) is 0 Å². The molecule has 0 aromatic carbocycles. The first-order chi connectivity index (χ1) is 5.79. The molecule has 0 spiro atoms. The van der Waals surface area contributed by atoms with E-state index in [0.29, 0.717) is 0 Å². The van der Waals surface area contributed by atoms with E-state index in [0.717, 1.165) is 5.70 Å². The van der Waals surface area contributed by atoms with Crippen LogP contribution in [0.15, 0.2) is 36.6 Å². The molecule has 0 saturated carbocycles. The molecular weight excluding hydrogens is 158 g/mol. The van der Waals surface area contributed by atoms with Crippen LogP contribution in [0.2, 0.25) is 0 Å². The second-order valence-corrected chi connectivity index (χ2v) is 2.51. The topological polar surface area (TPSA) is 49.8 Å². The van der Waals surface area contributed by atoms with E-state index in [2.05, 4.69) is 0 Å². The molecule has 12 heavy (non-hydrogen) atoms. The highest BCUT2D eigenvalue weighted by Crippen LogP contribution is 2.23. The summed E-state index contributed by atoms with van der Waals surface area (Å²) in [6.07, 6.45) is 7.91. The lowest BCUT2D eigenvalue weighted by atomic mass is 10.3. The Labute approximate surface area is 69.0 Å². The van der Waals surface area contributed by atoms with Crippen molar-refractivity contribution in [3.63, 3.8) is 0 Å². The summed E-state index contributed by atoms with van der Waals surface area (Å²) >= 11 is 0. The number of allylic oxidation sites excluding steroid dienone is 1. The molecular formula is C8H7NO3. The number of carboxylic acids is 1. The van der Waals surface area contributed by atoms with Crippen molar-refractivity contribution in [2.45, 2.75) is 6.04 Å². The van der Waals surface area contributed by atoms with Gasteiger partial charge in [-0.15, -0.1) is 0 Å². The molecule has 4 heteroatoms. The van der Waals surface area contributed by atoms with Crippen molar-refractivity contribution in [2.75, 3.05) is 0 Å². The normalized spacial score (nSPS) is 24.8. The van der Waals surface area contributed by atoms with Crippen LogP contribution in [0.1, 0.15) is 0 Å². The number of hydrogen-bond acceptors (Lipinski definition) is 3. The van der Waals surface area contributed by atoms with Gasteiger partial charge in [0.15, 0.2) is 0 Å². The van der Waals surface area contributed by atoms with Gasteiger partial charge in [-0.05, 0) is 12.2 Å². The van der Waals surface area contributed by atoms with Crippen molar-refractivity contribution in [1.82, 2.24) is 4.90 Å². The summed E-state index contributed by atoms with van der Waals surface area (Å²) in [5.41, 5.74) is 0.768. The Morgan fingerprint density at radius 2 is 2.50 bits per heavy atom. The maximum atomic E-state index is 10.7. The first-order valence-corrected chi connectivity index (χ1v) is 3.51. The third kappa shape index (κ3) is 0.887. The predicted molar refractivity (Wildman–Crippen MR) is 40.7 cm³/mol. The van der Waals surface area contributed by atoms with Gasteiger partial charge in [-0.3, -0.25) is 0 Å². The number of fused-ring (bicyclic) bond motifs is 1. The fourth-order valence-corrected chi connectivity index (χ4v) is 1.22. The van der Waals surface area contributed by atoms with Crippen molar-refractivity contribution in [3.8, 4) is 0 Å². The lowest BCUT2D eigenvalue weighted by Gasteiger charge is -2.22. The molecule has 0 bridgehead atoms. The molecule has 2 aliphatic heterocycles. The number of hydrogen-bond donors (Lipinski definition) is 1. The molecule has 0 fully saturated rings. The maximum Gasteiger partial charge on any atom is 0.330 e. The quantitative estimate of drug-likeness (QED) is 0.619. The fourth-order valence-electron chi connectivity index (χ4n) is 1.22. The second-order valence-electron chi connectivity index (χ2n) is 2.51. The summed E-state index contributed by atoms with van der Waals surface area (Å²) in [5.74, 6) is -0.860. The summed E-state index contributed by atoms with van der Waals surface area (Å²) < 4.78 is 4.88. The Morgan fingerprint density at radius 1 is 1.67 bits per heavy atom. The summed E-state index contributed by atoms with van der Waals surface area (Å²) in [7, 11) is 0. The molecule has 0 saturated heterocycles. The van der Waals surface area contributed by atoms with E-state index in [1.807, 2.05) is 0 Å². The summed E-state index contributed by atoms with van der Waals surface area (Å²) in [6, 6.07) is -0.587. The number of ether oxygens (including phenoxy) is 1. The van der Waals surface area contributed by atoms with Crippen LogP contribution < -0.4 is 0 Å². The molecule has 0 aromatic rings. The molecule has 1 N–H and O–H groups in total. The zero-order valence-electron chi connectivity index (χ0n) is 6.18. The highest BCUT2D eigenvalue weighted by molar-refractivity contribution is 5.78. The van der Waals surface area contributed by atoms with E-state index < -0.39 is 12.0 Å². The van der Waals surface area contributed by atoms with E-state index in [4.69, 9.17) is 9.84 Å².